The van der Waals surface area contributed by atoms with Gasteiger partial charge in [0.25, 0.3) is 0 Å². The number of carbonyl (C=O) groups excluding carboxylic acids is 1. The average Bonchev–Trinajstić information content (AvgIpc) is 2.32. The molecule has 0 saturated carbocycles. The van der Waals surface area contributed by atoms with Crippen molar-refractivity contribution in [2.75, 3.05) is 5.32 Å². The van der Waals surface area contributed by atoms with Gasteiger partial charge >= 0.3 is 0 Å². The number of aryl methyl sites for hydroxylation is 1. The maximum Gasteiger partial charge on any atom is 0.245 e. The Morgan fingerprint density at radius 2 is 2.25 bits per heavy atom. The molecular weight excluding hydrogens is 152 g/mol. The molecule has 3 heteroatoms. The first-order valence-electron chi connectivity index (χ1n) is 3.86. The number of carbonyl (C=O) groups is 1. The maximum absolute atomic E-state index is 11.1. The molecule has 0 aliphatic carbocycles. The van der Waals surface area contributed by atoms with Gasteiger partial charge in [0.1, 0.15) is 6.04 Å². The van der Waals surface area contributed by atoms with Crippen LogP contribution in [0.2, 0.25) is 0 Å². The molecule has 0 fully saturated rings. The molecule has 12 heavy (non-hydrogen) atoms. The van der Waals surface area contributed by atoms with Crippen LogP contribution in [0.3, 0.4) is 0 Å². The molecule has 1 atom stereocenters. The lowest BCUT2D eigenvalue weighted by Crippen LogP contribution is -2.19. The largest absolute Gasteiger partial charge is 0.324 e. The Balaban J connectivity index is 2.60. The smallest absolute Gasteiger partial charge is 0.245 e. The average molecular weight is 162 g/mol. The molecule has 0 radical (unpaired) electrons. The van der Waals surface area contributed by atoms with E-state index < -0.39 is 6.04 Å². The first-order valence-corrected chi connectivity index (χ1v) is 3.86. The molecule has 0 spiro atoms. The Labute approximate surface area is 70.6 Å². The fourth-order valence-electron chi connectivity index (χ4n) is 1.46. The second-order valence-corrected chi connectivity index (χ2v) is 3.01. The van der Waals surface area contributed by atoms with E-state index in [1.165, 1.54) is 0 Å². The third kappa shape index (κ3) is 0.833. The van der Waals surface area contributed by atoms with Crippen LogP contribution in [0.25, 0.3) is 0 Å². The molecule has 2 rings (SSSR count). The highest BCUT2D eigenvalue weighted by atomic mass is 16.2. The van der Waals surface area contributed by atoms with Crippen LogP contribution in [0, 0.1) is 6.92 Å². The number of amides is 1. The van der Waals surface area contributed by atoms with Gasteiger partial charge in [-0.25, -0.2) is 0 Å². The van der Waals surface area contributed by atoms with Crippen molar-refractivity contribution in [3.63, 3.8) is 0 Å². The number of nitrogens with one attached hydrogen (secondary N) is 1. The van der Waals surface area contributed by atoms with Gasteiger partial charge in [-0.3, -0.25) is 4.79 Å². The Hall–Kier alpha value is -1.35. The van der Waals surface area contributed by atoms with Gasteiger partial charge < -0.3 is 11.1 Å². The van der Waals surface area contributed by atoms with Crippen LogP contribution in [0.4, 0.5) is 5.69 Å². The Morgan fingerprint density at radius 3 is 2.92 bits per heavy atom. The molecule has 0 aromatic heterocycles. The Bertz CT molecular complexity index is 346. The topological polar surface area (TPSA) is 55.1 Å². The zero-order chi connectivity index (χ0) is 8.72. The Kier molecular flexibility index (Phi) is 1.41. The minimum absolute atomic E-state index is 0.112. The van der Waals surface area contributed by atoms with E-state index in [4.69, 9.17) is 5.73 Å². The van der Waals surface area contributed by atoms with Crippen molar-refractivity contribution in [2.24, 2.45) is 5.73 Å². The first kappa shape index (κ1) is 7.31. The highest BCUT2D eigenvalue weighted by Crippen LogP contribution is 2.31. The maximum atomic E-state index is 11.1. The number of rotatable bonds is 0. The molecule has 1 amide bonds. The third-order valence-corrected chi connectivity index (χ3v) is 2.17. The van der Waals surface area contributed by atoms with Gasteiger partial charge in [0.2, 0.25) is 5.91 Å². The van der Waals surface area contributed by atoms with Gasteiger partial charge in [0.05, 0.1) is 0 Å². The van der Waals surface area contributed by atoms with Gasteiger partial charge in [0, 0.05) is 11.3 Å². The predicted octanol–water partition coefficient (Wildman–Crippen LogP) is 0.947. The van der Waals surface area contributed by atoms with Gasteiger partial charge in [-0.15, -0.1) is 0 Å². The van der Waals surface area contributed by atoms with E-state index in [-0.39, 0.29) is 5.91 Å². The minimum atomic E-state index is -0.486. The molecular formula is C9H10N2O. The van der Waals surface area contributed by atoms with Crippen LogP contribution >= 0.6 is 0 Å². The fraction of sp³-hybridized carbons (Fsp3) is 0.222. The van der Waals surface area contributed by atoms with Crippen molar-refractivity contribution in [1.29, 1.82) is 0 Å². The van der Waals surface area contributed by atoms with Crippen LogP contribution in [0.1, 0.15) is 17.2 Å². The summed E-state index contributed by atoms with van der Waals surface area (Å²) in [4.78, 5) is 11.1. The summed E-state index contributed by atoms with van der Waals surface area (Å²) in [6.07, 6.45) is 0. The lowest BCUT2D eigenvalue weighted by Gasteiger charge is -2.02. The van der Waals surface area contributed by atoms with Gasteiger partial charge in [-0.05, 0) is 12.5 Å². The SMILES string of the molecule is Cc1cccc2c1NC(=O)[C@@H]2N. The third-order valence-electron chi connectivity index (χ3n) is 2.17. The second-order valence-electron chi connectivity index (χ2n) is 3.01. The molecule has 3 N–H and O–H groups in total. The second kappa shape index (κ2) is 2.32. The van der Waals surface area contributed by atoms with Crippen LogP contribution in [-0.2, 0) is 4.79 Å². The summed E-state index contributed by atoms with van der Waals surface area (Å²) < 4.78 is 0. The standard InChI is InChI=1S/C9H10N2O/c1-5-3-2-4-6-7(10)9(12)11-8(5)6/h2-4,7H,10H2,1H3,(H,11,12)/t7-/m1/s1. The van der Waals surface area contributed by atoms with Gasteiger partial charge in [0.15, 0.2) is 0 Å². The molecule has 62 valence electrons. The van der Waals surface area contributed by atoms with Crippen molar-refractivity contribution in [2.45, 2.75) is 13.0 Å². The van der Waals surface area contributed by atoms with E-state index in [9.17, 15) is 4.79 Å². The van der Waals surface area contributed by atoms with E-state index in [1.807, 2.05) is 25.1 Å². The first-order chi connectivity index (χ1) is 5.70. The zero-order valence-electron chi connectivity index (χ0n) is 6.79. The van der Waals surface area contributed by atoms with E-state index in [0.29, 0.717) is 0 Å². The quantitative estimate of drug-likeness (QED) is 0.596. The number of para-hydroxylation sites is 1. The normalized spacial score (nSPS) is 20.5. The van der Waals surface area contributed by atoms with Gasteiger partial charge in [-0.1, -0.05) is 18.2 Å². The monoisotopic (exact) mass is 162 g/mol. The summed E-state index contributed by atoms with van der Waals surface area (Å²) in [6.45, 7) is 1.96. The summed E-state index contributed by atoms with van der Waals surface area (Å²) in [5, 5.41) is 2.75. The number of fused-ring (bicyclic) bond motifs is 1. The zero-order valence-corrected chi connectivity index (χ0v) is 6.79. The van der Waals surface area contributed by atoms with E-state index in [2.05, 4.69) is 5.32 Å². The van der Waals surface area contributed by atoms with Gasteiger partial charge in [-0.2, -0.15) is 0 Å². The lowest BCUT2D eigenvalue weighted by atomic mass is 10.1. The Morgan fingerprint density at radius 1 is 1.50 bits per heavy atom. The fourth-order valence-corrected chi connectivity index (χ4v) is 1.46. The van der Waals surface area contributed by atoms with Crippen LogP contribution in [-0.4, -0.2) is 5.91 Å². The van der Waals surface area contributed by atoms with Crippen molar-refractivity contribution >= 4 is 11.6 Å². The molecule has 0 bridgehead atoms. The number of hydrogen-bond donors (Lipinski definition) is 2. The number of nitrogens with two attached hydrogens (primary N) is 1. The van der Waals surface area contributed by atoms with Crippen molar-refractivity contribution in [1.82, 2.24) is 0 Å². The van der Waals surface area contributed by atoms with Crippen LogP contribution in [0.5, 0.6) is 0 Å². The highest BCUT2D eigenvalue weighted by Gasteiger charge is 2.27. The number of benzene rings is 1. The molecule has 3 nitrogen and oxygen atoms in total. The molecule has 0 saturated heterocycles. The number of anilines is 1. The molecule has 0 unspecified atom stereocenters. The summed E-state index contributed by atoms with van der Waals surface area (Å²) in [7, 11) is 0. The van der Waals surface area contributed by atoms with E-state index in [0.717, 1.165) is 16.8 Å². The summed E-state index contributed by atoms with van der Waals surface area (Å²) >= 11 is 0. The highest BCUT2D eigenvalue weighted by molar-refractivity contribution is 6.03. The predicted molar refractivity (Wildman–Crippen MR) is 46.7 cm³/mol. The molecule has 1 aromatic rings. The minimum Gasteiger partial charge on any atom is -0.324 e. The van der Waals surface area contributed by atoms with Crippen molar-refractivity contribution < 1.29 is 4.79 Å². The van der Waals surface area contributed by atoms with Crippen molar-refractivity contribution in [3.8, 4) is 0 Å². The molecule has 1 aliphatic heterocycles. The number of hydrogen-bond acceptors (Lipinski definition) is 2. The summed E-state index contributed by atoms with van der Waals surface area (Å²) in [5.74, 6) is -0.112. The van der Waals surface area contributed by atoms with Crippen LogP contribution < -0.4 is 11.1 Å². The van der Waals surface area contributed by atoms with E-state index >= 15 is 0 Å². The van der Waals surface area contributed by atoms with Crippen molar-refractivity contribution in [3.05, 3.63) is 29.3 Å². The molecule has 1 aliphatic rings. The summed E-state index contributed by atoms with van der Waals surface area (Å²) in [6, 6.07) is 5.26. The van der Waals surface area contributed by atoms with E-state index in [1.54, 1.807) is 0 Å². The lowest BCUT2D eigenvalue weighted by molar-refractivity contribution is -0.116. The summed E-state index contributed by atoms with van der Waals surface area (Å²) in [5.41, 5.74) is 8.50. The molecule has 1 heterocycles. The van der Waals surface area contributed by atoms with Crippen LogP contribution in [0.15, 0.2) is 18.2 Å². The molecule has 1 aromatic carbocycles.